The van der Waals surface area contributed by atoms with E-state index in [9.17, 15) is 18.0 Å². The molecule has 1 atom stereocenters. The fourth-order valence-electron chi connectivity index (χ4n) is 4.03. The molecule has 0 aliphatic carbocycles. The fraction of sp³-hybridized carbons (Fsp3) is 0.185. The first-order chi connectivity index (χ1) is 17.6. The zero-order chi connectivity index (χ0) is 26.7. The summed E-state index contributed by atoms with van der Waals surface area (Å²) >= 11 is 0. The molecule has 0 fully saturated rings. The number of nitrogens with one attached hydrogen (secondary N) is 1. The Morgan fingerprint density at radius 2 is 1.46 bits per heavy atom. The molecule has 0 aliphatic heterocycles. The number of carbonyl (C=O) groups excluding carboxylic acids is 1. The van der Waals surface area contributed by atoms with Gasteiger partial charge in [-0.1, -0.05) is 36.4 Å². The third-order valence-electron chi connectivity index (χ3n) is 5.96. The highest BCUT2D eigenvalue weighted by Crippen LogP contribution is 2.27. The van der Waals surface area contributed by atoms with Crippen LogP contribution in [0.25, 0.3) is 5.69 Å². The number of hydrogen-bond donors (Lipinski definition) is 1. The van der Waals surface area contributed by atoms with E-state index in [1.165, 1.54) is 11.6 Å². The molecule has 1 amide bonds. The lowest BCUT2D eigenvalue weighted by atomic mass is 10.2. The molecule has 0 saturated carbocycles. The molecule has 0 unspecified atom stereocenters. The van der Waals surface area contributed by atoms with Crippen molar-refractivity contribution in [1.29, 1.82) is 0 Å². The summed E-state index contributed by atoms with van der Waals surface area (Å²) in [5, 5.41) is 2.65. The third-order valence-corrected chi connectivity index (χ3v) is 7.20. The van der Waals surface area contributed by atoms with Gasteiger partial charge in [0.05, 0.1) is 23.3 Å². The summed E-state index contributed by atoms with van der Waals surface area (Å²) in [6.07, 6.45) is 1.03. The molecule has 1 aromatic heterocycles. The van der Waals surface area contributed by atoms with Crippen molar-refractivity contribution in [2.24, 2.45) is 7.05 Å². The van der Waals surface area contributed by atoms with Crippen molar-refractivity contribution in [3.8, 4) is 17.2 Å². The molecule has 1 N–H and O–H groups in total. The second-order valence-corrected chi connectivity index (χ2v) is 10.4. The Morgan fingerprint density at radius 3 is 2.03 bits per heavy atom. The monoisotopic (exact) mass is 520 g/mol. The fourth-order valence-corrected chi connectivity index (χ4v) is 5.21. The highest BCUT2D eigenvalue weighted by atomic mass is 32.2. The van der Waals surface area contributed by atoms with Crippen molar-refractivity contribution in [3.63, 3.8) is 0 Å². The Kier molecular flexibility index (Phi) is 7.21. The Hall–Kier alpha value is -4.31. The van der Waals surface area contributed by atoms with Crippen LogP contribution in [0.5, 0.6) is 11.5 Å². The summed E-state index contributed by atoms with van der Waals surface area (Å²) in [5.41, 5.74) is 1.13. The van der Waals surface area contributed by atoms with E-state index in [1.807, 2.05) is 36.4 Å². The first-order valence-electron chi connectivity index (χ1n) is 11.5. The van der Waals surface area contributed by atoms with Crippen molar-refractivity contribution in [1.82, 2.24) is 9.36 Å². The number of hydrogen-bond acceptors (Lipinski definition) is 5. The lowest BCUT2D eigenvalue weighted by Gasteiger charge is -2.28. The molecule has 4 rings (SSSR count). The zero-order valence-corrected chi connectivity index (χ0v) is 21.8. The molecular formula is C27H28N4O5S. The lowest BCUT2D eigenvalue weighted by molar-refractivity contribution is -0.116. The van der Waals surface area contributed by atoms with Gasteiger partial charge in [0, 0.05) is 7.05 Å². The summed E-state index contributed by atoms with van der Waals surface area (Å²) in [7, 11) is -2.14. The van der Waals surface area contributed by atoms with Crippen molar-refractivity contribution in [3.05, 3.63) is 101 Å². The second kappa shape index (κ2) is 10.4. The van der Waals surface area contributed by atoms with Gasteiger partial charge in [0.1, 0.15) is 23.2 Å². The minimum absolute atomic E-state index is 0.0864. The zero-order valence-electron chi connectivity index (χ0n) is 21.0. The van der Waals surface area contributed by atoms with Crippen LogP contribution in [0, 0.1) is 6.92 Å². The average Bonchev–Trinajstić information content (AvgIpc) is 3.08. The minimum atomic E-state index is -3.85. The van der Waals surface area contributed by atoms with Crippen LogP contribution in [0.15, 0.2) is 89.7 Å². The smallest absolute Gasteiger partial charge is 0.295 e. The van der Waals surface area contributed by atoms with Crippen LogP contribution in [0.3, 0.4) is 0 Å². The number of benzene rings is 3. The maximum absolute atomic E-state index is 13.2. The molecule has 0 saturated heterocycles. The third kappa shape index (κ3) is 5.44. The summed E-state index contributed by atoms with van der Waals surface area (Å²) in [5.74, 6) is 0.519. The van der Waals surface area contributed by atoms with E-state index in [-0.39, 0.29) is 11.4 Å². The van der Waals surface area contributed by atoms with Crippen LogP contribution in [0.4, 0.5) is 11.4 Å². The number of anilines is 2. The topological polar surface area (TPSA) is 103 Å². The SMILES string of the molecule is Cc1c(NC(=O)[C@@H](C)N(c2ccc(Oc3ccccc3)cc2)S(C)(=O)=O)c(=O)n(-c2ccccc2)n1C. The summed E-state index contributed by atoms with van der Waals surface area (Å²) in [6.45, 7) is 3.18. The van der Waals surface area contributed by atoms with E-state index >= 15 is 0 Å². The predicted octanol–water partition coefficient (Wildman–Crippen LogP) is 4.07. The number of amides is 1. The summed E-state index contributed by atoms with van der Waals surface area (Å²) < 4.78 is 35.3. The number of rotatable bonds is 8. The number of nitrogens with zero attached hydrogens (tertiary/aromatic N) is 3. The molecule has 0 aliphatic rings. The van der Waals surface area contributed by atoms with Crippen LogP contribution >= 0.6 is 0 Å². The number of ether oxygens (including phenoxy) is 1. The number of sulfonamides is 1. The van der Waals surface area contributed by atoms with Gasteiger partial charge in [0.2, 0.25) is 15.9 Å². The average molecular weight is 521 g/mol. The highest BCUT2D eigenvalue weighted by Gasteiger charge is 2.30. The lowest BCUT2D eigenvalue weighted by Crippen LogP contribution is -2.45. The number of carbonyl (C=O) groups is 1. The van der Waals surface area contributed by atoms with Gasteiger partial charge in [-0.25, -0.2) is 13.1 Å². The molecule has 4 aromatic rings. The van der Waals surface area contributed by atoms with Crippen LogP contribution in [-0.4, -0.2) is 36.0 Å². The van der Waals surface area contributed by atoms with Gasteiger partial charge < -0.3 is 10.1 Å². The first-order valence-corrected chi connectivity index (χ1v) is 13.4. The molecule has 0 spiro atoms. The van der Waals surface area contributed by atoms with Crippen LogP contribution < -0.4 is 19.9 Å². The Balaban J connectivity index is 1.60. The first kappa shape index (κ1) is 25.8. The van der Waals surface area contributed by atoms with Gasteiger partial charge in [-0.15, -0.1) is 0 Å². The van der Waals surface area contributed by atoms with Crippen LogP contribution in [-0.2, 0) is 21.9 Å². The minimum Gasteiger partial charge on any atom is -0.457 e. The molecule has 10 heteroatoms. The molecule has 0 radical (unpaired) electrons. The standard InChI is InChI=1S/C27H28N4O5S/c1-19-25(27(33)30(29(19)3)21-11-7-5-8-12-21)28-26(32)20(2)31(37(4,34)35)22-15-17-24(18-16-22)36-23-13-9-6-10-14-23/h5-18,20H,1-4H3,(H,28,32)/t20-/m1/s1. The second-order valence-electron chi connectivity index (χ2n) is 8.57. The Bertz CT molecular complexity index is 1560. The molecule has 37 heavy (non-hydrogen) atoms. The quantitative estimate of drug-likeness (QED) is 0.377. The molecule has 192 valence electrons. The van der Waals surface area contributed by atoms with Crippen LogP contribution in [0.1, 0.15) is 12.6 Å². The van der Waals surface area contributed by atoms with E-state index in [1.54, 1.807) is 67.2 Å². The number of para-hydroxylation sites is 2. The van der Waals surface area contributed by atoms with Gasteiger partial charge in [0.15, 0.2) is 0 Å². The van der Waals surface area contributed by atoms with Gasteiger partial charge in [-0.3, -0.25) is 18.6 Å². The van der Waals surface area contributed by atoms with Crippen molar-refractivity contribution in [2.45, 2.75) is 19.9 Å². The molecule has 3 aromatic carbocycles. The molecule has 9 nitrogen and oxygen atoms in total. The maximum Gasteiger partial charge on any atom is 0.295 e. The van der Waals surface area contributed by atoms with E-state index in [4.69, 9.17) is 4.74 Å². The highest BCUT2D eigenvalue weighted by molar-refractivity contribution is 7.92. The van der Waals surface area contributed by atoms with E-state index in [2.05, 4.69) is 5.32 Å². The van der Waals surface area contributed by atoms with Crippen LogP contribution in [0.2, 0.25) is 0 Å². The van der Waals surface area contributed by atoms with Gasteiger partial charge in [-0.2, -0.15) is 0 Å². The predicted molar refractivity (Wildman–Crippen MR) is 144 cm³/mol. The van der Waals surface area contributed by atoms with E-state index < -0.39 is 27.5 Å². The summed E-state index contributed by atoms with van der Waals surface area (Å²) in [4.78, 5) is 26.4. The van der Waals surface area contributed by atoms with Gasteiger partial charge in [-0.05, 0) is 62.4 Å². The Morgan fingerprint density at radius 1 is 0.919 bits per heavy atom. The molecule has 1 heterocycles. The van der Waals surface area contributed by atoms with E-state index in [0.29, 0.717) is 22.9 Å². The normalized spacial score (nSPS) is 12.1. The van der Waals surface area contributed by atoms with E-state index in [0.717, 1.165) is 10.6 Å². The van der Waals surface area contributed by atoms with Gasteiger partial charge >= 0.3 is 0 Å². The van der Waals surface area contributed by atoms with Gasteiger partial charge in [0.25, 0.3) is 5.56 Å². The molecular weight excluding hydrogens is 492 g/mol. The van der Waals surface area contributed by atoms with Crippen molar-refractivity contribution >= 4 is 27.3 Å². The summed E-state index contributed by atoms with van der Waals surface area (Å²) in [6, 6.07) is 23.5. The number of aromatic nitrogens is 2. The van der Waals surface area contributed by atoms with Crippen molar-refractivity contribution < 1.29 is 17.9 Å². The molecule has 0 bridgehead atoms. The maximum atomic E-state index is 13.2. The Labute approximate surface area is 215 Å². The largest absolute Gasteiger partial charge is 0.457 e. The van der Waals surface area contributed by atoms with Crippen molar-refractivity contribution in [2.75, 3.05) is 15.9 Å².